The summed E-state index contributed by atoms with van der Waals surface area (Å²) in [5, 5.41) is 12.9. The van der Waals surface area contributed by atoms with Crippen molar-refractivity contribution in [3.8, 4) is 11.4 Å². The van der Waals surface area contributed by atoms with Crippen molar-refractivity contribution in [1.82, 2.24) is 10.1 Å². The summed E-state index contributed by atoms with van der Waals surface area (Å²) >= 11 is 0. The molecule has 1 N–H and O–H groups in total. The third-order valence-corrected chi connectivity index (χ3v) is 2.22. The van der Waals surface area contributed by atoms with E-state index in [9.17, 15) is 9.50 Å². The molecule has 0 bridgehead atoms. The molecule has 1 unspecified atom stereocenters. The van der Waals surface area contributed by atoms with Gasteiger partial charge in [0.05, 0.1) is 0 Å². The fraction of sp³-hybridized carbons (Fsp3) is 0.273. The maximum atomic E-state index is 13.0. The number of benzene rings is 1. The maximum Gasteiger partial charge on any atom is 0.255 e. The Labute approximate surface area is 91.7 Å². The van der Waals surface area contributed by atoms with E-state index in [1.54, 1.807) is 19.1 Å². The molecule has 0 amide bonds. The van der Waals surface area contributed by atoms with Gasteiger partial charge >= 0.3 is 0 Å². The van der Waals surface area contributed by atoms with Crippen LogP contribution in [-0.2, 0) is 0 Å². The van der Waals surface area contributed by atoms with E-state index in [1.807, 2.05) is 0 Å². The first kappa shape index (κ1) is 10.8. The molecule has 5 heteroatoms. The fourth-order valence-corrected chi connectivity index (χ4v) is 1.31. The van der Waals surface area contributed by atoms with Crippen LogP contribution >= 0.6 is 0 Å². The highest BCUT2D eigenvalue weighted by Gasteiger charge is 2.13. The molecule has 16 heavy (non-hydrogen) atoms. The monoisotopic (exact) mass is 222 g/mol. The average Bonchev–Trinajstić information content (AvgIpc) is 2.71. The predicted molar refractivity (Wildman–Crippen MR) is 55.1 cm³/mol. The average molecular weight is 222 g/mol. The van der Waals surface area contributed by atoms with Gasteiger partial charge in [-0.15, -0.1) is 0 Å². The van der Waals surface area contributed by atoms with Crippen molar-refractivity contribution in [2.24, 2.45) is 0 Å². The second kappa shape index (κ2) is 4.02. The quantitative estimate of drug-likeness (QED) is 0.846. The van der Waals surface area contributed by atoms with Gasteiger partial charge in [0.2, 0.25) is 5.82 Å². The van der Waals surface area contributed by atoms with E-state index in [4.69, 9.17) is 4.52 Å². The van der Waals surface area contributed by atoms with E-state index in [0.29, 0.717) is 17.0 Å². The second-order valence-electron chi connectivity index (χ2n) is 3.60. The number of hydrogen-bond donors (Lipinski definition) is 1. The number of nitrogens with zero attached hydrogens (tertiary/aromatic N) is 2. The molecule has 0 spiro atoms. The molecule has 0 aliphatic heterocycles. The number of aryl methyl sites for hydroxylation is 1. The summed E-state index contributed by atoms with van der Waals surface area (Å²) in [5.74, 6) is 0.221. The summed E-state index contributed by atoms with van der Waals surface area (Å²) in [4.78, 5) is 4.00. The molecule has 1 atom stereocenters. The topological polar surface area (TPSA) is 59.2 Å². The van der Waals surface area contributed by atoms with Crippen molar-refractivity contribution in [3.05, 3.63) is 35.5 Å². The molecular weight excluding hydrogens is 211 g/mol. The lowest BCUT2D eigenvalue weighted by atomic mass is 10.1. The Morgan fingerprint density at radius 3 is 2.75 bits per heavy atom. The Morgan fingerprint density at radius 2 is 2.19 bits per heavy atom. The highest BCUT2D eigenvalue weighted by molar-refractivity contribution is 5.55. The zero-order valence-corrected chi connectivity index (χ0v) is 8.94. The van der Waals surface area contributed by atoms with Gasteiger partial charge in [-0.05, 0) is 37.6 Å². The lowest BCUT2D eigenvalue weighted by molar-refractivity contribution is 0.152. The highest BCUT2D eigenvalue weighted by atomic mass is 19.1. The van der Waals surface area contributed by atoms with E-state index < -0.39 is 6.10 Å². The zero-order chi connectivity index (χ0) is 11.7. The van der Waals surface area contributed by atoms with E-state index in [-0.39, 0.29) is 11.7 Å². The number of hydrogen-bond acceptors (Lipinski definition) is 4. The smallest absolute Gasteiger partial charge is 0.255 e. The number of aliphatic hydroxyl groups is 1. The SMILES string of the molecule is Cc1cc(-c2noc(C(C)O)n2)ccc1F. The molecule has 0 aliphatic rings. The Morgan fingerprint density at radius 1 is 1.44 bits per heavy atom. The normalized spacial score (nSPS) is 12.8. The van der Waals surface area contributed by atoms with Crippen LogP contribution in [0.2, 0.25) is 0 Å². The molecule has 0 aliphatic carbocycles. The molecule has 2 aromatic rings. The van der Waals surface area contributed by atoms with Crippen molar-refractivity contribution in [2.45, 2.75) is 20.0 Å². The molecule has 2 rings (SSSR count). The number of rotatable bonds is 2. The molecular formula is C11H11FN2O2. The highest BCUT2D eigenvalue weighted by Crippen LogP contribution is 2.20. The lowest BCUT2D eigenvalue weighted by Gasteiger charge is -1.98. The van der Waals surface area contributed by atoms with Gasteiger partial charge < -0.3 is 9.63 Å². The molecule has 0 radical (unpaired) electrons. The molecule has 4 nitrogen and oxygen atoms in total. The summed E-state index contributed by atoms with van der Waals surface area (Å²) in [5.41, 5.74) is 1.18. The van der Waals surface area contributed by atoms with E-state index >= 15 is 0 Å². The van der Waals surface area contributed by atoms with Gasteiger partial charge in [-0.3, -0.25) is 0 Å². The van der Waals surface area contributed by atoms with Crippen LogP contribution in [-0.4, -0.2) is 15.2 Å². The van der Waals surface area contributed by atoms with Crippen LogP contribution in [0.4, 0.5) is 4.39 Å². The van der Waals surface area contributed by atoms with E-state index in [2.05, 4.69) is 10.1 Å². The van der Waals surface area contributed by atoms with Crippen LogP contribution in [0.15, 0.2) is 22.7 Å². The summed E-state index contributed by atoms with van der Waals surface area (Å²) in [7, 11) is 0. The van der Waals surface area contributed by atoms with Crippen molar-refractivity contribution < 1.29 is 14.0 Å². The third kappa shape index (κ3) is 1.94. The summed E-state index contributed by atoms with van der Waals surface area (Å²) < 4.78 is 17.9. The molecule has 0 saturated carbocycles. The first-order valence-electron chi connectivity index (χ1n) is 4.86. The van der Waals surface area contributed by atoms with E-state index in [0.717, 1.165) is 0 Å². The molecule has 1 aromatic carbocycles. The number of halogens is 1. The van der Waals surface area contributed by atoms with Crippen LogP contribution in [0.25, 0.3) is 11.4 Å². The predicted octanol–water partition coefficient (Wildman–Crippen LogP) is 2.24. The molecule has 0 fully saturated rings. The maximum absolute atomic E-state index is 13.0. The fourth-order valence-electron chi connectivity index (χ4n) is 1.31. The Hall–Kier alpha value is -1.75. The Bertz CT molecular complexity index is 508. The third-order valence-electron chi connectivity index (χ3n) is 2.22. The summed E-state index contributed by atoms with van der Waals surface area (Å²) in [6, 6.07) is 4.55. The summed E-state index contributed by atoms with van der Waals surface area (Å²) in [6.07, 6.45) is -0.803. The van der Waals surface area contributed by atoms with Gasteiger partial charge in [-0.2, -0.15) is 4.98 Å². The standard InChI is InChI=1S/C11H11FN2O2/c1-6-5-8(3-4-9(6)12)10-13-11(7(2)15)16-14-10/h3-5,7,15H,1-2H3. The van der Waals surface area contributed by atoms with Gasteiger partial charge in [0.25, 0.3) is 5.89 Å². The van der Waals surface area contributed by atoms with Gasteiger partial charge in [0, 0.05) is 5.56 Å². The van der Waals surface area contributed by atoms with Crippen LogP contribution in [0, 0.1) is 12.7 Å². The van der Waals surface area contributed by atoms with Crippen LogP contribution in [0.1, 0.15) is 24.5 Å². The molecule has 1 heterocycles. The van der Waals surface area contributed by atoms with Crippen LogP contribution < -0.4 is 0 Å². The largest absolute Gasteiger partial charge is 0.384 e. The lowest BCUT2D eigenvalue weighted by Crippen LogP contribution is -1.91. The van der Waals surface area contributed by atoms with Gasteiger partial charge in [-0.25, -0.2) is 4.39 Å². The minimum Gasteiger partial charge on any atom is -0.384 e. The number of aliphatic hydroxyl groups excluding tert-OH is 1. The van der Waals surface area contributed by atoms with Crippen molar-refractivity contribution >= 4 is 0 Å². The summed E-state index contributed by atoms with van der Waals surface area (Å²) in [6.45, 7) is 3.20. The minimum absolute atomic E-state index is 0.150. The first-order chi connectivity index (χ1) is 7.58. The van der Waals surface area contributed by atoms with E-state index in [1.165, 1.54) is 13.0 Å². The molecule has 84 valence electrons. The Balaban J connectivity index is 2.39. The molecule has 0 saturated heterocycles. The van der Waals surface area contributed by atoms with Crippen molar-refractivity contribution in [2.75, 3.05) is 0 Å². The van der Waals surface area contributed by atoms with Crippen molar-refractivity contribution in [3.63, 3.8) is 0 Å². The zero-order valence-electron chi connectivity index (χ0n) is 8.94. The van der Waals surface area contributed by atoms with Gasteiger partial charge in [-0.1, -0.05) is 5.16 Å². The van der Waals surface area contributed by atoms with Crippen LogP contribution in [0.5, 0.6) is 0 Å². The van der Waals surface area contributed by atoms with Gasteiger partial charge in [0.1, 0.15) is 11.9 Å². The van der Waals surface area contributed by atoms with Crippen molar-refractivity contribution in [1.29, 1.82) is 0 Å². The molecule has 1 aromatic heterocycles. The number of aromatic nitrogens is 2. The first-order valence-corrected chi connectivity index (χ1v) is 4.86. The second-order valence-corrected chi connectivity index (χ2v) is 3.60. The van der Waals surface area contributed by atoms with Gasteiger partial charge in [0.15, 0.2) is 0 Å². The minimum atomic E-state index is -0.803. The van der Waals surface area contributed by atoms with Crippen LogP contribution in [0.3, 0.4) is 0 Å². The Kier molecular flexibility index (Phi) is 2.70.